The van der Waals surface area contributed by atoms with Gasteiger partial charge >= 0.3 is 7.12 Å². The van der Waals surface area contributed by atoms with Gasteiger partial charge in [-0.15, -0.1) is 0 Å². The molecule has 0 aromatic heterocycles. The summed E-state index contributed by atoms with van der Waals surface area (Å²) in [6, 6.07) is 1.59. The lowest BCUT2D eigenvalue weighted by atomic mass is 9.77. The van der Waals surface area contributed by atoms with Crippen LogP contribution in [0.25, 0.3) is 0 Å². The summed E-state index contributed by atoms with van der Waals surface area (Å²) in [6.07, 6.45) is 0. The molecule has 0 saturated heterocycles. The molecule has 0 aliphatic rings. The van der Waals surface area contributed by atoms with E-state index in [1.54, 1.807) is 0 Å². The van der Waals surface area contributed by atoms with Crippen LogP contribution in [0.1, 0.15) is 5.56 Å². The van der Waals surface area contributed by atoms with Crippen LogP contribution in [0.3, 0.4) is 0 Å². The van der Waals surface area contributed by atoms with Crippen LogP contribution in [0.4, 0.5) is 8.78 Å². The Hall–Kier alpha value is -0.935. The highest BCUT2D eigenvalue weighted by Gasteiger charge is 2.17. The lowest BCUT2D eigenvalue weighted by molar-refractivity contribution is 0.424. The number of benzene rings is 1. The third-order valence-electron chi connectivity index (χ3n) is 1.63. The van der Waals surface area contributed by atoms with E-state index >= 15 is 0 Å². The van der Waals surface area contributed by atoms with Crippen LogP contribution in [0.5, 0.6) is 0 Å². The van der Waals surface area contributed by atoms with Crippen LogP contribution in [0, 0.1) is 18.6 Å². The minimum atomic E-state index is -1.84. The maximum absolute atomic E-state index is 12.7. The lowest BCUT2D eigenvalue weighted by Gasteiger charge is -2.04. The van der Waals surface area contributed by atoms with E-state index in [2.05, 4.69) is 0 Å². The molecule has 2 nitrogen and oxygen atoms in total. The number of hydrogen-bond acceptors (Lipinski definition) is 2. The van der Waals surface area contributed by atoms with Gasteiger partial charge in [0.2, 0.25) is 0 Å². The molecule has 0 radical (unpaired) electrons. The molecule has 12 heavy (non-hydrogen) atoms. The molecule has 1 rings (SSSR count). The third-order valence-corrected chi connectivity index (χ3v) is 1.63. The van der Waals surface area contributed by atoms with Crippen molar-refractivity contribution in [2.45, 2.75) is 6.92 Å². The Bertz CT molecular complexity index is 302. The molecular weight excluding hydrogens is 165 g/mol. The largest absolute Gasteiger partial charge is 0.488 e. The lowest BCUT2D eigenvalue weighted by Crippen LogP contribution is -2.33. The summed E-state index contributed by atoms with van der Waals surface area (Å²) in [6.45, 7) is 1.35. The predicted octanol–water partition coefficient (Wildman–Crippen LogP) is -0.0470. The normalized spacial score (nSPS) is 10.1. The van der Waals surface area contributed by atoms with Gasteiger partial charge in [-0.25, -0.2) is 8.78 Å². The first-order valence-electron chi connectivity index (χ1n) is 3.34. The van der Waals surface area contributed by atoms with Crippen LogP contribution in [-0.2, 0) is 0 Å². The number of rotatable bonds is 1. The molecule has 64 valence electrons. The van der Waals surface area contributed by atoms with Crippen molar-refractivity contribution in [2.24, 2.45) is 0 Å². The van der Waals surface area contributed by atoms with Crippen molar-refractivity contribution in [1.29, 1.82) is 0 Å². The molecular formula is C7H7BF2O2. The molecule has 0 heterocycles. The highest BCUT2D eigenvalue weighted by Crippen LogP contribution is 2.06. The van der Waals surface area contributed by atoms with Crippen molar-refractivity contribution in [2.75, 3.05) is 0 Å². The first-order chi connectivity index (χ1) is 5.52. The maximum Gasteiger partial charge on any atom is 0.488 e. The summed E-state index contributed by atoms with van der Waals surface area (Å²) in [4.78, 5) is 0. The predicted molar refractivity (Wildman–Crippen MR) is 40.9 cm³/mol. The third kappa shape index (κ3) is 1.62. The monoisotopic (exact) mass is 172 g/mol. The SMILES string of the molecule is Cc1c(F)cc(F)cc1B(O)O. The fourth-order valence-corrected chi connectivity index (χ4v) is 0.934. The molecule has 0 atom stereocenters. The second-order valence-corrected chi connectivity index (χ2v) is 2.48. The van der Waals surface area contributed by atoms with Gasteiger partial charge in [0.15, 0.2) is 0 Å². The minimum Gasteiger partial charge on any atom is -0.423 e. The standard InChI is InChI=1S/C7H7BF2O2/c1-4-6(8(11)12)2-5(9)3-7(4)10/h2-3,11-12H,1H3. The van der Waals surface area contributed by atoms with E-state index in [0.717, 1.165) is 6.07 Å². The Morgan fingerprint density at radius 3 is 2.33 bits per heavy atom. The van der Waals surface area contributed by atoms with E-state index in [4.69, 9.17) is 10.0 Å². The number of hydrogen-bond donors (Lipinski definition) is 2. The zero-order valence-corrected chi connectivity index (χ0v) is 6.38. The second kappa shape index (κ2) is 3.20. The van der Waals surface area contributed by atoms with Crippen LogP contribution in [-0.4, -0.2) is 17.2 Å². The molecule has 0 amide bonds. The Morgan fingerprint density at radius 1 is 1.25 bits per heavy atom. The Balaban J connectivity index is 3.28. The molecule has 1 aromatic rings. The zero-order valence-electron chi connectivity index (χ0n) is 6.38. The minimum absolute atomic E-state index is 0.0476. The first-order valence-corrected chi connectivity index (χ1v) is 3.34. The summed E-state index contributed by atoms with van der Waals surface area (Å²) < 4.78 is 25.2. The van der Waals surface area contributed by atoms with Crippen LogP contribution in [0.2, 0.25) is 0 Å². The van der Waals surface area contributed by atoms with Gasteiger partial charge in [-0.2, -0.15) is 0 Å². The van der Waals surface area contributed by atoms with Crippen molar-refractivity contribution < 1.29 is 18.8 Å². The van der Waals surface area contributed by atoms with E-state index in [-0.39, 0.29) is 11.0 Å². The average molecular weight is 172 g/mol. The Kier molecular flexibility index (Phi) is 2.44. The molecule has 0 unspecified atom stereocenters. The summed E-state index contributed by atoms with van der Waals surface area (Å²) in [5.74, 6) is -1.60. The zero-order chi connectivity index (χ0) is 9.30. The smallest absolute Gasteiger partial charge is 0.423 e. The summed E-state index contributed by atoms with van der Waals surface area (Å²) >= 11 is 0. The van der Waals surface area contributed by atoms with E-state index in [9.17, 15) is 8.78 Å². The van der Waals surface area contributed by atoms with E-state index in [1.807, 2.05) is 0 Å². The molecule has 0 bridgehead atoms. The molecule has 0 aliphatic heterocycles. The highest BCUT2D eigenvalue weighted by molar-refractivity contribution is 6.59. The van der Waals surface area contributed by atoms with Gasteiger partial charge in [0.1, 0.15) is 11.6 Å². The van der Waals surface area contributed by atoms with Gasteiger partial charge in [0.25, 0.3) is 0 Å². The molecule has 0 aliphatic carbocycles. The molecule has 0 fully saturated rings. The molecule has 2 N–H and O–H groups in total. The van der Waals surface area contributed by atoms with Crippen molar-refractivity contribution >= 4 is 12.6 Å². The van der Waals surface area contributed by atoms with Crippen LogP contribution in [0.15, 0.2) is 12.1 Å². The van der Waals surface area contributed by atoms with Crippen molar-refractivity contribution in [1.82, 2.24) is 0 Å². The summed E-state index contributed by atoms with van der Waals surface area (Å²) in [5.41, 5.74) is -0.0982. The van der Waals surface area contributed by atoms with E-state index < -0.39 is 18.8 Å². The molecule has 1 aromatic carbocycles. The van der Waals surface area contributed by atoms with Gasteiger partial charge in [0, 0.05) is 6.07 Å². The van der Waals surface area contributed by atoms with Crippen molar-refractivity contribution in [3.63, 3.8) is 0 Å². The molecule has 5 heteroatoms. The number of halogens is 2. The fraction of sp³-hybridized carbons (Fsp3) is 0.143. The van der Waals surface area contributed by atoms with Crippen LogP contribution < -0.4 is 5.46 Å². The van der Waals surface area contributed by atoms with Gasteiger partial charge < -0.3 is 10.0 Å². The van der Waals surface area contributed by atoms with Crippen molar-refractivity contribution in [3.05, 3.63) is 29.3 Å². The summed E-state index contributed by atoms with van der Waals surface area (Å²) in [5, 5.41) is 17.4. The molecule has 0 saturated carbocycles. The quantitative estimate of drug-likeness (QED) is 0.583. The topological polar surface area (TPSA) is 40.5 Å². The maximum atomic E-state index is 12.7. The Morgan fingerprint density at radius 2 is 1.83 bits per heavy atom. The van der Waals surface area contributed by atoms with E-state index in [0.29, 0.717) is 6.07 Å². The van der Waals surface area contributed by atoms with Gasteiger partial charge in [0.05, 0.1) is 0 Å². The van der Waals surface area contributed by atoms with Gasteiger partial charge in [-0.3, -0.25) is 0 Å². The van der Waals surface area contributed by atoms with Crippen molar-refractivity contribution in [3.8, 4) is 0 Å². The average Bonchev–Trinajstić information content (AvgIpc) is 1.96. The van der Waals surface area contributed by atoms with Gasteiger partial charge in [-0.1, -0.05) is 0 Å². The highest BCUT2D eigenvalue weighted by atomic mass is 19.1. The van der Waals surface area contributed by atoms with E-state index in [1.165, 1.54) is 6.92 Å². The van der Waals surface area contributed by atoms with Crippen LogP contribution >= 0.6 is 0 Å². The fourth-order valence-electron chi connectivity index (χ4n) is 0.934. The Labute approximate surface area is 68.6 Å². The molecule has 0 spiro atoms. The first kappa shape index (κ1) is 9.16. The summed E-state index contributed by atoms with van der Waals surface area (Å²) in [7, 11) is -1.84. The second-order valence-electron chi connectivity index (χ2n) is 2.48. The van der Waals surface area contributed by atoms with Gasteiger partial charge in [-0.05, 0) is 24.0 Å².